The van der Waals surface area contributed by atoms with Crippen molar-refractivity contribution < 1.29 is 18.3 Å². The molecule has 18 heavy (non-hydrogen) atoms. The van der Waals surface area contributed by atoms with E-state index in [9.17, 15) is 13.6 Å². The maximum Gasteiger partial charge on any atom is 0.319 e. The molecule has 0 heterocycles. The summed E-state index contributed by atoms with van der Waals surface area (Å²) in [5, 5.41) is -0.220. The van der Waals surface area contributed by atoms with Crippen LogP contribution < -0.4 is 0 Å². The molecule has 0 bridgehead atoms. The largest absolute Gasteiger partial charge is 0.462 e. The van der Waals surface area contributed by atoms with E-state index in [0.29, 0.717) is 12.2 Å². The molecule has 0 aromatic rings. The number of carbonyl (C=O) groups is 1. The maximum atomic E-state index is 12.6. The van der Waals surface area contributed by atoms with E-state index in [1.165, 1.54) is 11.8 Å². The highest BCUT2D eigenvalue weighted by molar-refractivity contribution is 8.00. The zero-order valence-electron chi connectivity index (χ0n) is 11.7. The second-order valence-electron chi connectivity index (χ2n) is 4.81. The SMILES string of the molecule is CCCC(SCCCC(C)(F)F)C(=O)OC(C)C. The van der Waals surface area contributed by atoms with Crippen molar-refractivity contribution >= 4 is 17.7 Å². The molecule has 0 amide bonds. The number of thioether (sulfide) groups is 1. The summed E-state index contributed by atoms with van der Waals surface area (Å²) in [6.45, 7) is 6.54. The number of halogens is 2. The van der Waals surface area contributed by atoms with Crippen LogP contribution >= 0.6 is 11.8 Å². The van der Waals surface area contributed by atoms with Gasteiger partial charge in [0.25, 0.3) is 0 Å². The minimum absolute atomic E-state index is 0.127. The van der Waals surface area contributed by atoms with Gasteiger partial charge < -0.3 is 4.74 Å². The summed E-state index contributed by atoms with van der Waals surface area (Å²) in [4.78, 5) is 11.7. The number of carbonyl (C=O) groups excluding carboxylic acids is 1. The first-order valence-electron chi connectivity index (χ1n) is 6.46. The fourth-order valence-corrected chi connectivity index (χ4v) is 2.64. The number of rotatable bonds is 9. The molecule has 0 saturated heterocycles. The van der Waals surface area contributed by atoms with Crippen LogP contribution in [0.2, 0.25) is 0 Å². The maximum absolute atomic E-state index is 12.6. The molecular weight excluding hydrogens is 258 g/mol. The molecule has 1 unspecified atom stereocenters. The highest BCUT2D eigenvalue weighted by Crippen LogP contribution is 2.24. The van der Waals surface area contributed by atoms with Crippen LogP contribution in [0.5, 0.6) is 0 Å². The summed E-state index contributed by atoms with van der Waals surface area (Å²) in [6, 6.07) is 0. The third-order valence-electron chi connectivity index (χ3n) is 2.24. The topological polar surface area (TPSA) is 26.3 Å². The van der Waals surface area contributed by atoms with Gasteiger partial charge in [-0.25, -0.2) is 8.78 Å². The second kappa shape index (κ2) is 8.73. The van der Waals surface area contributed by atoms with E-state index in [-0.39, 0.29) is 23.7 Å². The van der Waals surface area contributed by atoms with Gasteiger partial charge in [0.05, 0.1) is 6.10 Å². The molecule has 2 nitrogen and oxygen atoms in total. The van der Waals surface area contributed by atoms with Gasteiger partial charge >= 0.3 is 5.97 Å². The summed E-state index contributed by atoms with van der Waals surface area (Å²) in [5.74, 6) is -2.26. The van der Waals surface area contributed by atoms with Gasteiger partial charge in [0.2, 0.25) is 5.92 Å². The average Bonchev–Trinajstić information content (AvgIpc) is 2.20. The zero-order valence-corrected chi connectivity index (χ0v) is 12.5. The summed E-state index contributed by atoms with van der Waals surface area (Å²) < 4.78 is 30.4. The van der Waals surface area contributed by atoms with Crippen molar-refractivity contribution in [3.05, 3.63) is 0 Å². The molecule has 5 heteroatoms. The first kappa shape index (κ1) is 17.7. The smallest absolute Gasteiger partial charge is 0.319 e. The number of esters is 1. The van der Waals surface area contributed by atoms with Crippen LogP contribution in [0.3, 0.4) is 0 Å². The molecule has 0 aliphatic carbocycles. The lowest BCUT2D eigenvalue weighted by Crippen LogP contribution is -2.24. The van der Waals surface area contributed by atoms with E-state index >= 15 is 0 Å². The highest BCUT2D eigenvalue weighted by atomic mass is 32.2. The Morgan fingerprint density at radius 2 is 2.00 bits per heavy atom. The Labute approximate surface area is 113 Å². The zero-order chi connectivity index (χ0) is 14.2. The van der Waals surface area contributed by atoms with Gasteiger partial charge in [-0.1, -0.05) is 13.3 Å². The first-order valence-corrected chi connectivity index (χ1v) is 7.51. The molecule has 0 aliphatic rings. The molecule has 0 aromatic carbocycles. The van der Waals surface area contributed by atoms with E-state index in [1.54, 1.807) is 0 Å². The molecule has 0 saturated carbocycles. The van der Waals surface area contributed by atoms with Crippen LogP contribution in [-0.4, -0.2) is 29.0 Å². The number of hydrogen-bond acceptors (Lipinski definition) is 3. The van der Waals surface area contributed by atoms with Crippen molar-refractivity contribution in [2.45, 2.75) is 70.7 Å². The fraction of sp³-hybridized carbons (Fsp3) is 0.923. The van der Waals surface area contributed by atoms with Crippen molar-refractivity contribution in [1.82, 2.24) is 0 Å². The van der Waals surface area contributed by atoms with E-state index < -0.39 is 5.92 Å². The molecule has 0 aromatic heterocycles. The number of ether oxygens (including phenoxy) is 1. The van der Waals surface area contributed by atoms with E-state index in [2.05, 4.69) is 0 Å². The normalized spacial score (nSPS) is 13.7. The number of hydrogen-bond donors (Lipinski definition) is 0. The first-order chi connectivity index (χ1) is 8.26. The standard InChI is InChI=1S/C13H24F2O2S/c1-5-7-11(12(16)17-10(2)3)18-9-6-8-13(4,14)15/h10-11H,5-9H2,1-4H3. The van der Waals surface area contributed by atoms with Crippen molar-refractivity contribution in [2.75, 3.05) is 5.75 Å². The fourth-order valence-electron chi connectivity index (χ4n) is 1.45. The van der Waals surface area contributed by atoms with Gasteiger partial charge in [-0.15, -0.1) is 11.8 Å². The van der Waals surface area contributed by atoms with E-state index in [4.69, 9.17) is 4.74 Å². The molecular formula is C13H24F2O2S. The van der Waals surface area contributed by atoms with E-state index in [1.807, 2.05) is 20.8 Å². The van der Waals surface area contributed by atoms with Crippen LogP contribution in [0.1, 0.15) is 53.4 Å². The predicted molar refractivity (Wildman–Crippen MR) is 72.2 cm³/mol. The molecule has 0 radical (unpaired) electrons. The molecule has 0 N–H and O–H groups in total. The van der Waals surface area contributed by atoms with Crippen molar-refractivity contribution in [3.63, 3.8) is 0 Å². The molecule has 0 rings (SSSR count). The molecule has 0 aliphatic heterocycles. The summed E-state index contributed by atoms with van der Waals surface area (Å²) in [7, 11) is 0. The summed E-state index contributed by atoms with van der Waals surface area (Å²) >= 11 is 1.43. The van der Waals surface area contributed by atoms with Crippen molar-refractivity contribution in [1.29, 1.82) is 0 Å². The van der Waals surface area contributed by atoms with Gasteiger partial charge in [-0.2, -0.15) is 0 Å². The second-order valence-corrected chi connectivity index (χ2v) is 6.12. The predicted octanol–water partition coefficient (Wildman–Crippen LogP) is 4.28. The highest BCUT2D eigenvalue weighted by Gasteiger charge is 2.23. The van der Waals surface area contributed by atoms with Crippen LogP contribution in [0.15, 0.2) is 0 Å². The Morgan fingerprint density at radius 3 is 2.44 bits per heavy atom. The third kappa shape index (κ3) is 9.68. The van der Waals surface area contributed by atoms with Crippen LogP contribution in [-0.2, 0) is 9.53 Å². The lowest BCUT2D eigenvalue weighted by atomic mass is 10.2. The lowest BCUT2D eigenvalue weighted by Gasteiger charge is -2.17. The van der Waals surface area contributed by atoms with Crippen LogP contribution in [0, 0.1) is 0 Å². The van der Waals surface area contributed by atoms with Gasteiger partial charge in [0, 0.05) is 6.42 Å². The summed E-state index contributed by atoms with van der Waals surface area (Å²) in [6.07, 6.45) is 1.78. The molecule has 0 spiro atoms. The molecule has 108 valence electrons. The van der Waals surface area contributed by atoms with Gasteiger partial charge in [-0.3, -0.25) is 4.79 Å². The van der Waals surface area contributed by atoms with Crippen molar-refractivity contribution in [3.8, 4) is 0 Å². The van der Waals surface area contributed by atoms with Crippen LogP contribution in [0.25, 0.3) is 0 Å². The van der Waals surface area contributed by atoms with Gasteiger partial charge in [-0.05, 0) is 39.4 Å². The Hall–Kier alpha value is -0.320. The van der Waals surface area contributed by atoms with Gasteiger partial charge in [0.1, 0.15) is 5.25 Å². The average molecular weight is 282 g/mol. The monoisotopic (exact) mass is 282 g/mol. The Morgan fingerprint density at radius 1 is 1.39 bits per heavy atom. The lowest BCUT2D eigenvalue weighted by molar-refractivity contribution is -0.146. The minimum Gasteiger partial charge on any atom is -0.462 e. The minimum atomic E-state index is -2.61. The Balaban J connectivity index is 4.00. The van der Waals surface area contributed by atoms with Crippen molar-refractivity contribution in [2.24, 2.45) is 0 Å². The third-order valence-corrected chi connectivity index (χ3v) is 3.60. The number of alkyl halides is 2. The Bertz CT molecular complexity index is 240. The Kier molecular flexibility index (Phi) is 8.57. The van der Waals surface area contributed by atoms with Gasteiger partial charge in [0.15, 0.2) is 0 Å². The quantitative estimate of drug-likeness (QED) is 0.466. The van der Waals surface area contributed by atoms with E-state index in [0.717, 1.165) is 19.8 Å². The summed E-state index contributed by atoms with van der Waals surface area (Å²) in [5.41, 5.74) is 0. The molecule has 0 fully saturated rings. The molecule has 1 atom stereocenters. The van der Waals surface area contributed by atoms with Crippen LogP contribution in [0.4, 0.5) is 8.78 Å².